The summed E-state index contributed by atoms with van der Waals surface area (Å²) in [5.74, 6) is 0. The highest BCUT2D eigenvalue weighted by Gasteiger charge is 2.08. The van der Waals surface area contributed by atoms with Crippen LogP contribution in [0.1, 0.15) is 11.1 Å². The first-order valence-electron chi connectivity index (χ1n) is 6.07. The summed E-state index contributed by atoms with van der Waals surface area (Å²) in [6.07, 6.45) is 0. The van der Waals surface area contributed by atoms with E-state index in [9.17, 15) is 0 Å². The summed E-state index contributed by atoms with van der Waals surface area (Å²) in [6.45, 7) is 0. The van der Waals surface area contributed by atoms with Gasteiger partial charge < -0.3 is 10.6 Å². The van der Waals surface area contributed by atoms with Crippen LogP contribution in [0.5, 0.6) is 0 Å². The predicted octanol–water partition coefficient (Wildman–Crippen LogP) is 2.95. The van der Waals surface area contributed by atoms with Gasteiger partial charge in [0.05, 0.1) is 11.4 Å². The molecule has 0 aliphatic heterocycles. The van der Waals surface area contributed by atoms with Gasteiger partial charge in [0, 0.05) is 14.1 Å². The molecule has 2 rings (SSSR count). The third-order valence-corrected chi connectivity index (χ3v) is 2.87. The first-order valence-corrected chi connectivity index (χ1v) is 6.07. The summed E-state index contributed by atoms with van der Waals surface area (Å²) in [6, 6.07) is 20.7. The van der Waals surface area contributed by atoms with Crippen molar-refractivity contribution in [2.75, 3.05) is 14.1 Å². The Morgan fingerprint density at radius 3 is 1.22 bits per heavy atom. The van der Waals surface area contributed by atoms with Crippen LogP contribution in [0.4, 0.5) is 0 Å². The zero-order valence-electron chi connectivity index (χ0n) is 10.8. The number of hydrogen-bond acceptors (Lipinski definition) is 2. The lowest BCUT2D eigenvalue weighted by molar-refractivity contribution is 1.07. The monoisotopic (exact) mass is 238 g/mol. The SMILES string of the molecule is CNC(=C(NC)c1ccccc1)c1ccccc1. The van der Waals surface area contributed by atoms with Crippen molar-refractivity contribution in [1.82, 2.24) is 10.6 Å². The van der Waals surface area contributed by atoms with Crippen molar-refractivity contribution in [1.29, 1.82) is 0 Å². The maximum absolute atomic E-state index is 3.28. The highest BCUT2D eigenvalue weighted by atomic mass is 14.9. The molecule has 0 aromatic heterocycles. The molecule has 0 fully saturated rings. The fraction of sp³-hybridized carbons (Fsp3) is 0.125. The molecule has 2 N–H and O–H groups in total. The minimum atomic E-state index is 1.10. The van der Waals surface area contributed by atoms with Crippen LogP contribution >= 0.6 is 0 Å². The molecular formula is C16H18N2. The van der Waals surface area contributed by atoms with E-state index >= 15 is 0 Å². The minimum absolute atomic E-state index is 1.10. The van der Waals surface area contributed by atoms with Crippen molar-refractivity contribution in [2.24, 2.45) is 0 Å². The van der Waals surface area contributed by atoms with E-state index in [1.807, 2.05) is 50.5 Å². The molecule has 2 heteroatoms. The number of rotatable bonds is 4. The Morgan fingerprint density at radius 2 is 0.944 bits per heavy atom. The molecule has 2 aromatic rings. The molecule has 18 heavy (non-hydrogen) atoms. The third-order valence-electron chi connectivity index (χ3n) is 2.87. The quantitative estimate of drug-likeness (QED) is 0.800. The van der Waals surface area contributed by atoms with Gasteiger partial charge in [-0.1, -0.05) is 60.7 Å². The molecule has 0 spiro atoms. The van der Waals surface area contributed by atoms with Crippen molar-refractivity contribution < 1.29 is 0 Å². The van der Waals surface area contributed by atoms with Crippen molar-refractivity contribution in [3.05, 3.63) is 71.8 Å². The first-order chi connectivity index (χ1) is 8.86. The van der Waals surface area contributed by atoms with Gasteiger partial charge in [-0.15, -0.1) is 0 Å². The Hall–Kier alpha value is -2.22. The van der Waals surface area contributed by atoms with Crippen LogP contribution in [0.15, 0.2) is 60.7 Å². The van der Waals surface area contributed by atoms with E-state index in [1.54, 1.807) is 0 Å². The lowest BCUT2D eigenvalue weighted by atomic mass is 10.1. The molecule has 0 unspecified atom stereocenters. The summed E-state index contributed by atoms with van der Waals surface area (Å²) in [5.41, 5.74) is 4.55. The van der Waals surface area contributed by atoms with Crippen LogP contribution in [-0.4, -0.2) is 14.1 Å². The third kappa shape index (κ3) is 2.54. The van der Waals surface area contributed by atoms with E-state index in [0.717, 1.165) is 11.4 Å². The number of hydrogen-bond donors (Lipinski definition) is 2. The second-order valence-electron chi connectivity index (χ2n) is 3.98. The van der Waals surface area contributed by atoms with Crippen LogP contribution in [0.3, 0.4) is 0 Å². The Balaban J connectivity index is 2.53. The van der Waals surface area contributed by atoms with Gasteiger partial charge in [0.2, 0.25) is 0 Å². The van der Waals surface area contributed by atoms with Gasteiger partial charge in [0.1, 0.15) is 0 Å². The smallest absolute Gasteiger partial charge is 0.0653 e. The van der Waals surface area contributed by atoms with Crippen molar-refractivity contribution >= 4 is 11.4 Å². The van der Waals surface area contributed by atoms with Crippen LogP contribution in [0, 0.1) is 0 Å². The predicted molar refractivity (Wildman–Crippen MR) is 77.8 cm³/mol. The topological polar surface area (TPSA) is 24.1 Å². The fourth-order valence-corrected chi connectivity index (χ4v) is 2.04. The molecule has 0 bridgehead atoms. The maximum Gasteiger partial charge on any atom is 0.0653 e. The summed E-state index contributed by atoms with van der Waals surface area (Å²) in [5, 5.41) is 6.57. The fourth-order valence-electron chi connectivity index (χ4n) is 2.04. The summed E-state index contributed by atoms with van der Waals surface area (Å²) in [7, 11) is 3.89. The highest BCUT2D eigenvalue weighted by molar-refractivity contribution is 5.88. The van der Waals surface area contributed by atoms with Crippen LogP contribution in [0.2, 0.25) is 0 Å². The Bertz CT molecular complexity index is 466. The highest BCUT2D eigenvalue weighted by Crippen LogP contribution is 2.21. The van der Waals surface area contributed by atoms with Gasteiger partial charge in [-0.2, -0.15) is 0 Å². The van der Waals surface area contributed by atoms with E-state index in [4.69, 9.17) is 0 Å². The molecule has 2 aromatic carbocycles. The molecular weight excluding hydrogens is 220 g/mol. The molecule has 92 valence electrons. The van der Waals surface area contributed by atoms with E-state index < -0.39 is 0 Å². The van der Waals surface area contributed by atoms with Gasteiger partial charge in [-0.25, -0.2) is 0 Å². The maximum atomic E-state index is 3.28. The van der Waals surface area contributed by atoms with E-state index in [1.165, 1.54) is 11.1 Å². The minimum Gasteiger partial charge on any atom is -0.386 e. The van der Waals surface area contributed by atoms with Crippen LogP contribution in [0.25, 0.3) is 11.4 Å². The van der Waals surface area contributed by atoms with E-state index in [-0.39, 0.29) is 0 Å². The van der Waals surface area contributed by atoms with Gasteiger partial charge in [0.25, 0.3) is 0 Å². The summed E-state index contributed by atoms with van der Waals surface area (Å²) >= 11 is 0. The van der Waals surface area contributed by atoms with Crippen molar-refractivity contribution in [2.45, 2.75) is 0 Å². The van der Waals surface area contributed by atoms with Crippen molar-refractivity contribution in [3.8, 4) is 0 Å². The van der Waals surface area contributed by atoms with Gasteiger partial charge in [-0.3, -0.25) is 0 Å². The largest absolute Gasteiger partial charge is 0.386 e. The van der Waals surface area contributed by atoms with Crippen LogP contribution in [-0.2, 0) is 0 Å². The zero-order chi connectivity index (χ0) is 12.8. The average Bonchev–Trinajstić information content (AvgIpc) is 2.46. The van der Waals surface area contributed by atoms with E-state index in [0.29, 0.717) is 0 Å². The molecule has 0 heterocycles. The second-order valence-corrected chi connectivity index (χ2v) is 3.98. The molecule has 0 aliphatic rings. The molecule has 0 aliphatic carbocycles. The summed E-state index contributed by atoms with van der Waals surface area (Å²) < 4.78 is 0. The van der Waals surface area contributed by atoms with Crippen molar-refractivity contribution in [3.63, 3.8) is 0 Å². The number of benzene rings is 2. The first kappa shape index (κ1) is 12.2. The summed E-state index contributed by atoms with van der Waals surface area (Å²) in [4.78, 5) is 0. The zero-order valence-corrected chi connectivity index (χ0v) is 10.8. The van der Waals surface area contributed by atoms with Crippen LogP contribution < -0.4 is 10.6 Å². The van der Waals surface area contributed by atoms with Gasteiger partial charge >= 0.3 is 0 Å². The molecule has 0 saturated carbocycles. The lowest BCUT2D eigenvalue weighted by Gasteiger charge is -2.15. The normalized spacial score (nSPS) is 11.7. The number of nitrogens with one attached hydrogen (secondary N) is 2. The standard InChI is InChI=1S/C16H18N2/c1-17-15(13-9-5-3-6-10-13)16(18-2)14-11-7-4-8-12-14/h3-12,17-18H,1-2H3. The van der Waals surface area contributed by atoms with Gasteiger partial charge in [-0.05, 0) is 11.1 Å². The molecule has 2 nitrogen and oxygen atoms in total. The Labute approximate surface area is 108 Å². The Morgan fingerprint density at radius 1 is 0.611 bits per heavy atom. The second kappa shape index (κ2) is 5.92. The Kier molecular flexibility index (Phi) is 4.02. The molecule has 0 atom stereocenters. The molecule has 0 saturated heterocycles. The van der Waals surface area contributed by atoms with Gasteiger partial charge in [0.15, 0.2) is 0 Å². The molecule has 0 amide bonds. The average molecular weight is 238 g/mol. The lowest BCUT2D eigenvalue weighted by Crippen LogP contribution is -2.15. The molecule has 0 radical (unpaired) electrons. The van der Waals surface area contributed by atoms with E-state index in [2.05, 4.69) is 34.9 Å².